The van der Waals surface area contributed by atoms with E-state index in [0.717, 1.165) is 50.1 Å². The predicted octanol–water partition coefficient (Wildman–Crippen LogP) is 15.3. The zero-order valence-corrected chi connectivity index (χ0v) is 30.3. The quantitative estimate of drug-likeness (QED) is 0.165. The van der Waals surface area contributed by atoms with Crippen LogP contribution in [0.15, 0.2) is 186 Å². The molecule has 1 saturated carbocycles. The Kier molecular flexibility index (Phi) is 8.30. The molecule has 2 nitrogen and oxygen atoms in total. The van der Waals surface area contributed by atoms with Gasteiger partial charge in [0, 0.05) is 27.7 Å². The van der Waals surface area contributed by atoms with Crippen LogP contribution in [0.4, 0.5) is 17.1 Å². The molecule has 0 unspecified atom stereocenters. The first-order valence-electron chi connectivity index (χ1n) is 19.4. The van der Waals surface area contributed by atoms with Gasteiger partial charge in [-0.1, -0.05) is 153 Å². The average Bonchev–Trinajstić information content (AvgIpc) is 3.63. The highest BCUT2D eigenvalue weighted by Crippen LogP contribution is 2.46. The van der Waals surface area contributed by atoms with Crippen LogP contribution in [0.5, 0.6) is 0 Å². The van der Waals surface area contributed by atoms with Crippen LogP contribution in [0.2, 0.25) is 0 Å². The van der Waals surface area contributed by atoms with Gasteiger partial charge in [0.15, 0.2) is 0 Å². The van der Waals surface area contributed by atoms with Gasteiger partial charge in [0.25, 0.3) is 0 Å². The zero-order valence-electron chi connectivity index (χ0n) is 30.3. The lowest BCUT2D eigenvalue weighted by Crippen LogP contribution is -2.11. The van der Waals surface area contributed by atoms with Gasteiger partial charge in [0.2, 0.25) is 0 Å². The smallest absolute Gasteiger partial charge is 0.136 e. The first kappa shape index (κ1) is 32.3. The fourth-order valence-electron chi connectivity index (χ4n) is 8.81. The molecule has 1 aliphatic carbocycles. The SMILES string of the molecule is c1ccc(-c2ccc(N(c3ccc(-c4ccc5c(c4)oc4ccccc45)cc3)c3ccccc3-c3cccc4cccc(C5CCCCC5)c34)cc2)cc1. The van der Waals surface area contributed by atoms with E-state index >= 15 is 0 Å². The summed E-state index contributed by atoms with van der Waals surface area (Å²) in [4.78, 5) is 2.43. The molecule has 0 atom stereocenters. The summed E-state index contributed by atoms with van der Waals surface area (Å²) in [5, 5.41) is 5.01. The number of rotatable bonds is 7. The van der Waals surface area contributed by atoms with Crippen molar-refractivity contribution in [2.24, 2.45) is 0 Å². The number of fused-ring (bicyclic) bond motifs is 4. The largest absolute Gasteiger partial charge is 0.456 e. The number of anilines is 3. The summed E-state index contributed by atoms with van der Waals surface area (Å²) in [6.45, 7) is 0. The first-order valence-corrected chi connectivity index (χ1v) is 19.4. The molecule has 10 rings (SSSR count). The highest BCUT2D eigenvalue weighted by atomic mass is 16.3. The molecule has 2 heteroatoms. The number of hydrogen-bond acceptors (Lipinski definition) is 2. The highest BCUT2D eigenvalue weighted by Gasteiger charge is 2.23. The van der Waals surface area contributed by atoms with Gasteiger partial charge in [-0.05, 0) is 111 Å². The van der Waals surface area contributed by atoms with Crippen molar-refractivity contribution >= 4 is 49.8 Å². The van der Waals surface area contributed by atoms with E-state index < -0.39 is 0 Å². The van der Waals surface area contributed by atoms with Crippen LogP contribution >= 0.6 is 0 Å². The molecule has 0 N–H and O–H groups in total. The molecule has 0 spiro atoms. The normalized spacial score (nSPS) is 13.5. The van der Waals surface area contributed by atoms with Gasteiger partial charge < -0.3 is 9.32 Å². The van der Waals surface area contributed by atoms with E-state index in [0.29, 0.717) is 5.92 Å². The lowest BCUT2D eigenvalue weighted by Gasteiger charge is -2.29. The Morgan fingerprint density at radius 1 is 0.426 bits per heavy atom. The van der Waals surface area contributed by atoms with Gasteiger partial charge in [0.1, 0.15) is 11.2 Å². The summed E-state index contributed by atoms with van der Waals surface area (Å²) in [6, 6.07) is 66.2. The minimum Gasteiger partial charge on any atom is -0.456 e. The third kappa shape index (κ3) is 5.85. The van der Waals surface area contributed by atoms with Gasteiger partial charge in [-0.25, -0.2) is 0 Å². The van der Waals surface area contributed by atoms with Crippen molar-refractivity contribution in [1.82, 2.24) is 0 Å². The fraction of sp³-hybridized carbons (Fsp3) is 0.115. The van der Waals surface area contributed by atoms with Crippen LogP contribution in [0.25, 0.3) is 66.1 Å². The second-order valence-electron chi connectivity index (χ2n) is 14.7. The van der Waals surface area contributed by atoms with E-state index in [1.165, 1.54) is 70.7 Å². The number of para-hydroxylation sites is 2. The van der Waals surface area contributed by atoms with Crippen LogP contribution in [-0.4, -0.2) is 0 Å². The summed E-state index contributed by atoms with van der Waals surface area (Å²) in [5.41, 5.74) is 14.0. The topological polar surface area (TPSA) is 16.4 Å². The number of furan rings is 1. The van der Waals surface area contributed by atoms with E-state index in [9.17, 15) is 0 Å². The van der Waals surface area contributed by atoms with Crippen molar-refractivity contribution in [1.29, 1.82) is 0 Å². The molecule has 0 radical (unpaired) electrons. The molecule has 0 aliphatic heterocycles. The lowest BCUT2D eigenvalue weighted by molar-refractivity contribution is 0.445. The van der Waals surface area contributed by atoms with Crippen molar-refractivity contribution in [2.45, 2.75) is 38.0 Å². The van der Waals surface area contributed by atoms with Crippen molar-refractivity contribution in [3.05, 3.63) is 188 Å². The molecule has 1 aromatic heterocycles. The van der Waals surface area contributed by atoms with Gasteiger partial charge in [-0.3, -0.25) is 0 Å². The predicted molar refractivity (Wildman–Crippen MR) is 228 cm³/mol. The molecule has 9 aromatic rings. The van der Waals surface area contributed by atoms with Crippen LogP contribution in [-0.2, 0) is 0 Å². The third-order valence-corrected chi connectivity index (χ3v) is 11.5. The van der Waals surface area contributed by atoms with Crippen LogP contribution in [0.1, 0.15) is 43.6 Å². The van der Waals surface area contributed by atoms with Crippen LogP contribution in [0.3, 0.4) is 0 Å². The van der Waals surface area contributed by atoms with Crippen molar-refractivity contribution < 1.29 is 4.42 Å². The Balaban J connectivity index is 1.11. The second kappa shape index (κ2) is 13.9. The Labute approximate surface area is 316 Å². The molecule has 8 aromatic carbocycles. The van der Waals surface area contributed by atoms with E-state index in [-0.39, 0.29) is 0 Å². The van der Waals surface area contributed by atoms with E-state index in [2.05, 4.69) is 175 Å². The minimum absolute atomic E-state index is 0.601. The number of hydrogen-bond donors (Lipinski definition) is 0. The molecule has 1 fully saturated rings. The molecule has 1 heterocycles. The summed E-state index contributed by atoms with van der Waals surface area (Å²) in [7, 11) is 0. The van der Waals surface area contributed by atoms with E-state index in [1.807, 2.05) is 12.1 Å². The summed E-state index contributed by atoms with van der Waals surface area (Å²) >= 11 is 0. The first-order chi connectivity index (χ1) is 26.8. The molecule has 1 aliphatic rings. The van der Waals surface area contributed by atoms with Crippen LogP contribution in [0, 0.1) is 0 Å². The maximum absolute atomic E-state index is 6.26. The molecule has 0 amide bonds. The Morgan fingerprint density at radius 3 is 1.80 bits per heavy atom. The Bertz CT molecular complexity index is 2730. The van der Waals surface area contributed by atoms with Gasteiger partial charge in [-0.2, -0.15) is 0 Å². The highest BCUT2D eigenvalue weighted by molar-refractivity contribution is 6.06. The molecule has 260 valence electrons. The summed E-state index contributed by atoms with van der Waals surface area (Å²) in [6.07, 6.45) is 6.51. The van der Waals surface area contributed by atoms with Gasteiger partial charge >= 0.3 is 0 Å². The Morgan fingerprint density at radius 2 is 1.02 bits per heavy atom. The zero-order chi connectivity index (χ0) is 35.8. The van der Waals surface area contributed by atoms with Crippen molar-refractivity contribution in [3.63, 3.8) is 0 Å². The molecule has 0 bridgehead atoms. The van der Waals surface area contributed by atoms with Gasteiger partial charge in [0.05, 0.1) is 5.69 Å². The summed E-state index contributed by atoms with van der Waals surface area (Å²) in [5.74, 6) is 0.601. The lowest BCUT2D eigenvalue weighted by atomic mass is 9.80. The second-order valence-corrected chi connectivity index (χ2v) is 14.7. The molecule has 54 heavy (non-hydrogen) atoms. The van der Waals surface area contributed by atoms with E-state index in [1.54, 1.807) is 0 Å². The van der Waals surface area contributed by atoms with Crippen LogP contribution < -0.4 is 4.90 Å². The van der Waals surface area contributed by atoms with Gasteiger partial charge in [-0.15, -0.1) is 0 Å². The molecule has 0 saturated heterocycles. The third-order valence-electron chi connectivity index (χ3n) is 11.5. The maximum atomic E-state index is 6.26. The Hall–Kier alpha value is -6.38. The number of nitrogens with zero attached hydrogens (tertiary/aromatic N) is 1. The van der Waals surface area contributed by atoms with E-state index in [4.69, 9.17) is 4.42 Å². The monoisotopic (exact) mass is 695 g/mol. The summed E-state index contributed by atoms with van der Waals surface area (Å²) < 4.78 is 6.26. The fourth-order valence-corrected chi connectivity index (χ4v) is 8.81. The molecular weight excluding hydrogens is 655 g/mol. The maximum Gasteiger partial charge on any atom is 0.136 e. The number of benzene rings is 8. The standard InChI is InChI=1S/C52H41NO/c1-3-13-36(14-4-1)37-25-30-42(31-26-37)53(43-32-27-38(28-33-43)41-29-34-47-46-20-8-10-24-50(46)54-51(47)35-41)49-23-9-7-19-45(49)48-22-12-18-40-17-11-21-44(52(40)48)39-15-5-2-6-16-39/h1,3-4,7-14,17-35,39H,2,5-6,15-16H2. The minimum atomic E-state index is 0.601. The van der Waals surface area contributed by atoms with Crippen molar-refractivity contribution in [3.8, 4) is 33.4 Å². The van der Waals surface area contributed by atoms with Crippen molar-refractivity contribution in [2.75, 3.05) is 4.90 Å². The average molecular weight is 696 g/mol. The molecular formula is C52H41NO.